The zero-order valence-electron chi connectivity index (χ0n) is 23.3. The molecule has 2 bridgehead atoms. The first-order valence-corrected chi connectivity index (χ1v) is 13.3. The Morgan fingerprint density at radius 2 is 1.10 bits per heavy atom. The maximum atomic E-state index is 14.5. The van der Waals surface area contributed by atoms with Crippen LogP contribution < -0.4 is 0 Å². The molecule has 12 nitrogen and oxygen atoms in total. The van der Waals surface area contributed by atoms with Crippen LogP contribution in [0.5, 0.6) is 0 Å². The van der Waals surface area contributed by atoms with Crippen molar-refractivity contribution in [3.05, 3.63) is 70.8 Å². The fourth-order valence-electron chi connectivity index (χ4n) is 6.04. The van der Waals surface area contributed by atoms with Crippen LogP contribution in [0.15, 0.2) is 48.5 Å². The lowest BCUT2D eigenvalue weighted by atomic mass is 9.73. The Balaban J connectivity index is 1.68. The average Bonchev–Trinajstić information content (AvgIpc) is 3.07. The van der Waals surface area contributed by atoms with Gasteiger partial charge in [0.05, 0.1) is 11.8 Å². The van der Waals surface area contributed by atoms with E-state index in [1.54, 1.807) is 48.5 Å². The van der Waals surface area contributed by atoms with Crippen molar-refractivity contribution in [1.82, 2.24) is 4.90 Å². The van der Waals surface area contributed by atoms with Crippen molar-refractivity contribution < 1.29 is 52.5 Å². The molecule has 1 aliphatic carbocycles. The Labute approximate surface area is 240 Å². The minimum atomic E-state index is -1.67. The third-order valence-electron chi connectivity index (χ3n) is 7.45. The van der Waals surface area contributed by atoms with Gasteiger partial charge >= 0.3 is 23.9 Å². The van der Waals surface area contributed by atoms with Gasteiger partial charge in [-0.3, -0.25) is 33.7 Å². The lowest BCUT2D eigenvalue weighted by Gasteiger charge is -2.47. The van der Waals surface area contributed by atoms with Crippen LogP contribution in [0.3, 0.4) is 0 Å². The van der Waals surface area contributed by atoms with Crippen molar-refractivity contribution in [1.29, 1.82) is 0 Å². The van der Waals surface area contributed by atoms with Gasteiger partial charge in [-0.25, -0.2) is 0 Å². The van der Waals surface area contributed by atoms with Gasteiger partial charge in [0.1, 0.15) is 18.8 Å². The van der Waals surface area contributed by atoms with Crippen molar-refractivity contribution in [2.45, 2.75) is 70.2 Å². The molecule has 3 aliphatic heterocycles. The molecule has 2 amide bonds. The molecule has 0 N–H and O–H groups in total. The highest BCUT2D eigenvalue weighted by atomic mass is 16.7. The van der Waals surface area contributed by atoms with Crippen molar-refractivity contribution in [2.75, 3.05) is 6.61 Å². The topological polar surface area (TPSA) is 152 Å². The van der Waals surface area contributed by atoms with E-state index in [4.69, 9.17) is 23.7 Å². The maximum absolute atomic E-state index is 14.5. The largest absolute Gasteiger partial charge is 0.463 e. The summed E-state index contributed by atoms with van der Waals surface area (Å²) in [5.41, 5.74) is 2.54. The molecule has 2 aromatic rings. The Bertz CT molecular complexity index is 1360. The highest BCUT2D eigenvalue weighted by Gasteiger charge is 2.59. The number of benzene rings is 2. The van der Waals surface area contributed by atoms with E-state index in [9.17, 15) is 28.8 Å². The molecule has 5 atom stereocenters. The number of amides is 2. The predicted octanol–water partition coefficient (Wildman–Crippen LogP) is 1.72. The van der Waals surface area contributed by atoms with E-state index in [2.05, 4.69) is 0 Å². The zero-order valence-corrected chi connectivity index (χ0v) is 23.3. The first-order chi connectivity index (χ1) is 20.0. The fourth-order valence-corrected chi connectivity index (χ4v) is 6.04. The number of carbonyl (C=O) groups excluding carboxylic acids is 6. The summed E-state index contributed by atoms with van der Waals surface area (Å²) in [4.78, 5) is 78.4. The standard InChI is InChI=1S/C30H29NO11/c1-14(32)38-13-22-26(39-15(2)33)27(40-16(3)34)25(30(42-22)41-17(4)35)31-28(36)23-18-9-5-6-10-19(18)24(29(31)37)21-12-8-7-11-20(21)23/h5-12,22-27,30H,13H2,1-4H3/t22-,23?,24?,25-,26-,27-,30+/m1/s1. The summed E-state index contributed by atoms with van der Waals surface area (Å²) in [6.07, 6.45) is -5.96. The Morgan fingerprint density at radius 1 is 0.667 bits per heavy atom. The quantitative estimate of drug-likeness (QED) is 0.279. The zero-order chi connectivity index (χ0) is 30.3. The van der Waals surface area contributed by atoms with Gasteiger partial charge in [0, 0.05) is 27.7 Å². The normalized spacial score (nSPS) is 27.7. The van der Waals surface area contributed by atoms with Gasteiger partial charge in [0.25, 0.3) is 0 Å². The minimum absolute atomic E-state index is 0.473. The van der Waals surface area contributed by atoms with E-state index in [0.717, 1.165) is 32.6 Å². The van der Waals surface area contributed by atoms with E-state index >= 15 is 0 Å². The van der Waals surface area contributed by atoms with E-state index in [1.807, 2.05) is 0 Å². The van der Waals surface area contributed by atoms with Crippen LogP contribution in [0.4, 0.5) is 0 Å². The summed E-state index contributed by atoms with van der Waals surface area (Å²) in [6.45, 7) is 3.98. The average molecular weight is 580 g/mol. The molecule has 1 saturated heterocycles. The number of carbonyl (C=O) groups is 6. The van der Waals surface area contributed by atoms with Gasteiger partial charge in [0.2, 0.25) is 18.1 Å². The second kappa shape index (κ2) is 11.4. The molecule has 0 saturated carbocycles. The second-order valence-electron chi connectivity index (χ2n) is 10.3. The number of hydrogen-bond acceptors (Lipinski definition) is 11. The van der Waals surface area contributed by atoms with Gasteiger partial charge < -0.3 is 23.7 Å². The fraction of sp³-hybridized carbons (Fsp3) is 0.400. The third kappa shape index (κ3) is 5.13. The second-order valence-corrected chi connectivity index (χ2v) is 10.3. The summed E-state index contributed by atoms with van der Waals surface area (Å²) in [5.74, 6) is -6.30. The first-order valence-electron chi connectivity index (χ1n) is 13.3. The number of fused-ring (bicyclic) bond motifs is 2. The van der Waals surface area contributed by atoms with E-state index in [0.29, 0.717) is 22.3 Å². The molecule has 12 heteroatoms. The molecule has 0 spiro atoms. The molecular formula is C30H29NO11. The summed E-state index contributed by atoms with van der Waals surface area (Å²) < 4.78 is 27.7. The summed E-state index contributed by atoms with van der Waals surface area (Å²) in [6, 6.07) is 12.6. The predicted molar refractivity (Wildman–Crippen MR) is 140 cm³/mol. The van der Waals surface area contributed by atoms with Crippen LogP contribution >= 0.6 is 0 Å². The molecule has 6 rings (SSSR count). The van der Waals surface area contributed by atoms with Crippen LogP contribution in [0.1, 0.15) is 61.8 Å². The van der Waals surface area contributed by atoms with Gasteiger partial charge in [-0.05, 0) is 22.3 Å². The highest BCUT2D eigenvalue weighted by molar-refractivity contribution is 6.09. The monoisotopic (exact) mass is 579 g/mol. The molecule has 2 aromatic carbocycles. The highest BCUT2D eigenvalue weighted by Crippen LogP contribution is 2.49. The molecule has 4 aliphatic rings. The van der Waals surface area contributed by atoms with Crippen molar-refractivity contribution in [2.24, 2.45) is 0 Å². The molecule has 42 heavy (non-hydrogen) atoms. The molecule has 220 valence electrons. The Hall–Kier alpha value is -4.58. The molecular weight excluding hydrogens is 550 g/mol. The van der Waals surface area contributed by atoms with Crippen LogP contribution in [-0.4, -0.2) is 77.8 Å². The molecule has 0 aromatic heterocycles. The summed E-state index contributed by atoms with van der Waals surface area (Å²) in [7, 11) is 0. The lowest BCUT2D eigenvalue weighted by Crippen LogP contribution is -2.68. The lowest BCUT2D eigenvalue weighted by molar-refractivity contribution is -0.282. The van der Waals surface area contributed by atoms with Crippen LogP contribution in [0.2, 0.25) is 0 Å². The molecule has 3 heterocycles. The molecule has 1 fully saturated rings. The smallest absolute Gasteiger partial charge is 0.305 e. The van der Waals surface area contributed by atoms with Crippen molar-refractivity contribution in [3.8, 4) is 0 Å². The first kappa shape index (κ1) is 28.9. The van der Waals surface area contributed by atoms with E-state index in [1.165, 1.54) is 0 Å². The maximum Gasteiger partial charge on any atom is 0.305 e. The Morgan fingerprint density at radius 3 is 1.50 bits per heavy atom. The Kier molecular flexibility index (Phi) is 7.83. The summed E-state index contributed by atoms with van der Waals surface area (Å²) >= 11 is 0. The van der Waals surface area contributed by atoms with Crippen LogP contribution in [0.25, 0.3) is 0 Å². The number of hydrogen-bond donors (Lipinski definition) is 0. The van der Waals surface area contributed by atoms with E-state index in [-0.39, 0.29) is 0 Å². The number of esters is 4. The van der Waals surface area contributed by atoms with Gasteiger partial charge in [-0.1, -0.05) is 48.5 Å². The van der Waals surface area contributed by atoms with Crippen LogP contribution in [-0.2, 0) is 52.5 Å². The summed E-state index contributed by atoms with van der Waals surface area (Å²) in [5, 5.41) is 0. The van der Waals surface area contributed by atoms with E-state index < -0.39 is 84.8 Å². The van der Waals surface area contributed by atoms with Gasteiger partial charge in [0.15, 0.2) is 12.2 Å². The minimum Gasteiger partial charge on any atom is -0.463 e. The SMILES string of the molecule is CC(=O)OC[C@H]1O[C@H](OC(C)=O)[C@H](N2C(=O)C3c4ccccc4C(C2=O)c2ccccc23)[C@@H](OC(C)=O)[C@@H]1OC(C)=O. The number of imide groups is 1. The van der Waals surface area contributed by atoms with Crippen LogP contribution in [0, 0.1) is 0 Å². The third-order valence-corrected chi connectivity index (χ3v) is 7.45. The molecule has 0 unspecified atom stereocenters. The number of nitrogens with zero attached hydrogens (tertiary/aromatic N) is 1. The van der Waals surface area contributed by atoms with Gasteiger partial charge in [-0.15, -0.1) is 0 Å². The number of rotatable bonds is 6. The molecule has 0 radical (unpaired) electrons. The van der Waals surface area contributed by atoms with Crippen molar-refractivity contribution >= 4 is 35.7 Å². The number of ether oxygens (including phenoxy) is 5. The van der Waals surface area contributed by atoms with Crippen molar-refractivity contribution in [3.63, 3.8) is 0 Å². The van der Waals surface area contributed by atoms with Gasteiger partial charge in [-0.2, -0.15) is 0 Å².